The van der Waals surface area contributed by atoms with Crippen molar-refractivity contribution in [2.75, 3.05) is 6.54 Å². The maximum atomic E-state index is 13.1. The minimum absolute atomic E-state index is 0.0703. The lowest BCUT2D eigenvalue weighted by Gasteiger charge is -2.36. The predicted molar refractivity (Wildman–Crippen MR) is 118 cm³/mol. The molecule has 162 valence electrons. The van der Waals surface area contributed by atoms with E-state index in [1.54, 1.807) is 0 Å². The first-order valence-electron chi connectivity index (χ1n) is 11.0. The lowest BCUT2D eigenvalue weighted by molar-refractivity contribution is -0.137. The predicted octanol–water partition coefficient (Wildman–Crippen LogP) is 3.59. The van der Waals surface area contributed by atoms with E-state index in [1.165, 1.54) is 0 Å². The van der Waals surface area contributed by atoms with Crippen LogP contribution in [0.1, 0.15) is 49.8 Å². The van der Waals surface area contributed by atoms with E-state index in [4.69, 9.17) is 0 Å². The van der Waals surface area contributed by atoms with Crippen molar-refractivity contribution in [3.8, 4) is 0 Å². The van der Waals surface area contributed by atoms with Crippen molar-refractivity contribution in [1.29, 1.82) is 0 Å². The Labute approximate surface area is 183 Å². The molecule has 0 aromatic heterocycles. The van der Waals surface area contributed by atoms with Gasteiger partial charge in [0.25, 0.3) is 5.91 Å². The lowest BCUT2D eigenvalue weighted by Crippen LogP contribution is -2.54. The first kappa shape index (κ1) is 21.1. The summed E-state index contributed by atoms with van der Waals surface area (Å²) in [6.45, 7) is 1.74. The summed E-state index contributed by atoms with van der Waals surface area (Å²) >= 11 is 0. The third kappa shape index (κ3) is 4.33. The number of hydrogen-bond acceptors (Lipinski definition) is 3. The lowest BCUT2D eigenvalue weighted by atomic mass is 9.73. The number of nitrogens with one attached hydrogen (secondary N) is 2. The van der Waals surface area contributed by atoms with Gasteiger partial charge in [-0.2, -0.15) is 0 Å². The van der Waals surface area contributed by atoms with Crippen LogP contribution in [0.2, 0.25) is 0 Å². The number of hydrogen-bond donors (Lipinski definition) is 2. The number of nitrogens with zero attached hydrogens (tertiary/aromatic N) is 1. The fourth-order valence-corrected chi connectivity index (χ4v) is 4.81. The van der Waals surface area contributed by atoms with Gasteiger partial charge in [0, 0.05) is 0 Å². The third-order valence-corrected chi connectivity index (χ3v) is 6.62. The SMILES string of the molecule is C[C@H]1CCCC[C@]12NC(=O)N(CC(=O)N[C@@H](Cc1ccccc1)c1ccccc1)C2=O. The van der Waals surface area contributed by atoms with Gasteiger partial charge in [0.2, 0.25) is 5.91 Å². The summed E-state index contributed by atoms with van der Waals surface area (Å²) in [4.78, 5) is 39.8. The van der Waals surface area contributed by atoms with Crippen molar-refractivity contribution in [2.45, 2.75) is 50.6 Å². The molecule has 1 spiro atoms. The highest BCUT2D eigenvalue weighted by atomic mass is 16.2. The van der Waals surface area contributed by atoms with Gasteiger partial charge in [-0.3, -0.25) is 14.5 Å². The fourth-order valence-electron chi connectivity index (χ4n) is 4.81. The molecule has 2 aromatic carbocycles. The van der Waals surface area contributed by atoms with Gasteiger partial charge in [0.1, 0.15) is 12.1 Å². The fraction of sp³-hybridized carbons (Fsp3) is 0.400. The van der Waals surface area contributed by atoms with Gasteiger partial charge in [-0.05, 0) is 36.3 Å². The summed E-state index contributed by atoms with van der Waals surface area (Å²) in [7, 11) is 0. The highest BCUT2D eigenvalue weighted by molar-refractivity contribution is 6.09. The van der Waals surface area contributed by atoms with Crippen LogP contribution in [0.5, 0.6) is 0 Å². The zero-order chi connectivity index (χ0) is 21.8. The molecule has 2 N–H and O–H groups in total. The number of rotatable bonds is 6. The topological polar surface area (TPSA) is 78.5 Å². The monoisotopic (exact) mass is 419 g/mol. The molecular weight excluding hydrogens is 390 g/mol. The Kier molecular flexibility index (Phi) is 6.07. The van der Waals surface area contributed by atoms with Gasteiger partial charge in [-0.1, -0.05) is 80.4 Å². The molecule has 3 atom stereocenters. The van der Waals surface area contributed by atoms with E-state index < -0.39 is 11.6 Å². The van der Waals surface area contributed by atoms with E-state index in [0.717, 1.165) is 35.3 Å². The summed E-state index contributed by atoms with van der Waals surface area (Å²) in [5.41, 5.74) is 1.23. The molecule has 1 heterocycles. The molecule has 6 heteroatoms. The molecule has 2 fully saturated rings. The van der Waals surface area contributed by atoms with E-state index in [9.17, 15) is 14.4 Å². The molecule has 2 aliphatic rings. The molecule has 6 nitrogen and oxygen atoms in total. The van der Waals surface area contributed by atoms with Crippen molar-refractivity contribution >= 4 is 17.8 Å². The van der Waals surface area contributed by atoms with Crippen LogP contribution in [-0.4, -0.2) is 34.8 Å². The molecular formula is C25H29N3O3. The Hall–Kier alpha value is -3.15. The van der Waals surface area contributed by atoms with Crippen molar-refractivity contribution in [3.05, 3.63) is 71.8 Å². The molecule has 1 saturated carbocycles. The summed E-state index contributed by atoms with van der Waals surface area (Å²) in [5.74, 6) is -0.533. The molecule has 0 unspecified atom stereocenters. The number of urea groups is 1. The maximum Gasteiger partial charge on any atom is 0.325 e. The van der Waals surface area contributed by atoms with Crippen LogP contribution in [0, 0.1) is 5.92 Å². The average molecular weight is 420 g/mol. The highest BCUT2D eigenvalue weighted by Gasteiger charge is 2.55. The number of carbonyl (C=O) groups excluding carboxylic acids is 3. The van der Waals surface area contributed by atoms with Crippen LogP contribution in [0.15, 0.2) is 60.7 Å². The van der Waals surface area contributed by atoms with Gasteiger partial charge in [-0.25, -0.2) is 4.79 Å². The van der Waals surface area contributed by atoms with Gasteiger partial charge < -0.3 is 10.6 Å². The maximum absolute atomic E-state index is 13.1. The minimum Gasteiger partial charge on any atom is -0.347 e. The first-order valence-corrected chi connectivity index (χ1v) is 11.0. The molecule has 31 heavy (non-hydrogen) atoms. The van der Waals surface area contributed by atoms with E-state index in [0.29, 0.717) is 12.8 Å². The summed E-state index contributed by atoms with van der Waals surface area (Å²) in [6, 6.07) is 19.0. The van der Waals surface area contributed by atoms with Crippen LogP contribution >= 0.6 is 0 Å². The molecule has 0 bridgehead atoms. The second-order valence-corrected chi connectivity index (χ2v) is 8.66. The van der Waals surface area contributed by atoms with Gasteiger partial charge in [0.15, 0.2) is 0 Å². The number of carbonyl (C=O) groups is 3. The van der Waals surface area contributed by atoms with Gasteiger partial charge in [0.05, 0.1) is 6.04 Å². The quantitative estimate of drug-likeness (QED) is 0.703. The highest BCUT2D eigenvalue weighted by Crippen LogP contribution is 2.38. The van der Waals surface area contributed by atoms with Gasteiger partial charge >= 0.3 is 6.03 Å². The normalized spacial score (nSPS) is 24.2. The average Bonchev–Trinajstić information content (AvgIpc) is 3.01. The Morgan fingerprint density at radius 2 is 1.77 bits per heavy atom. The standard InChI is InChI=1S/C25H29N3O3/c1-18-10-8-9-15-25(18)23(30)28(24(31)27-25)17-22(29)26-21(20-13-6-3-7-14-20)16-19-11-4-2-5-12-19/h2-7,11-14,18,21H,8-10,15-17H2,1H3,(H,26,29)(H,27,31)/t18-,21-,25-/m0/s1. The van der Waals surface area contributed by atoms with Crippen LogP contribution in [0.4, 0.5) is 4.79 Å². The van der Waals surface area contributed by atoms with Crippen LogP contribution < -0.4 is 10.6 Å². The number of amides is 4. The molecule has 1 aliphatic carbocycles. The Bertz CT molecular complexity index is 947. The molecule has 4 amide bonds. The number of imide groups is 1. The molecule has 0 radical (unpaired) electrons. The Morgan fingerprint density at radius 3 is 2.45 bits per heavy atom. The minimum atomic E-state index is -0.849. The molecule has 4 rings (SSSR count). The van der Waals surface area contributed by atoms with E-state index >= 15 is 0 Å². The Balaban J connectivity index is 1.47. The van der Waals surface area contributed by atoms with E-state index in [1.807, 2.05) is 67.6 Å². The zero-order valence-corrected chi connectivity index (χ0v) is 17.8. The second kappa shape index (κ2) is 8.92. The van der Waals surface area contributed by atoms with Crippen molar-refractivity contribution in [3.63, 3.8) is 0 Å². The van der Waals surface area contributed by atoms with Gasteiger partial charge in [-0.15, -0.1) is 0 Å². The number of benzene rings is 2. The Morgan fingerprint density at radius 1 is 1.10 bits per heavy atom. The van der Waals surface area contributed by atoms with E-state index in [-0.39, 0.29) is 30.3 Å². The third-order valence-electron chi connectivity index (χ3n) is 6.62. The second-order valence-electron chi connectivity index (χ2n) is 8.66. The largest absolute Gasteiger partial charge is 0.347 e. The van der Waals surface area contributed by atoms with Crippen molar-refractivity contribution < 1.29 is 14.4 Å². The van der Waals surface area contributed by atoms with Crippen LogP contribution in [0.3, 0.4) is 0 Å². The molecule has 1 saturated heterocycles. The summed E-state index contributed by atoms with van der Waals surface area (Å²) in [5, 5.41) is 5.95. The van der Waals surface area contributed by atoms with Crippen molar-refractivity contribution in [2.24, 2.45) is 5.92 Å². The zero-order valence-electron chi connectivity index (χ0n) is 17.8. The van der Waals surface area contributed by atoms with Crippen molar-refractivity contribution in [1.82, 2.24) is 15.5 Å². The summed E-state index contributed by atoms with van der Waals surface area (Å²) in [6.07, 6.45) is 4.13. The summed E-state index contributed by atoms with van der Waals surface area (Å²) < 4.78 is 0. The van der Waals surface area contributed by atoms with Crippen LogP contribution in [0.25, 0.3) is 0 Å². The molecule has 2 aromatic rings. The van der Waals surface area contributed by atoms with E-state index in [2.05, 4.69) is 10.6 Å². The first-order chi connectivity index (χ1) is 15.0. The molecule has 1 aliphatic heterocycles. The smallest absolute Gasteiger partial charge is 0.325 e. The van der Waals surface area contributed by atoms with Crippen LogP contribution in [-0.2, 0) is 16.0 Å².